The fourth-order valence-electron chi connectivity index (χ4n) is 6.43. The molecule has 45 heavy (non-hydrogen) atoms. The predicted molar refractivity (Wildman–Crippen MR) is 189 cm³/mol. The molecule has 0 aliphatic carbocycles. The lowest BCUT2D eigenvalue weighted by Crippen LogP contribution is -2.00. The zero-order valence-electron chi connectivity index (χ0n) is 24.2. The van der Waals surface area contributed by atoms with Gasteiger partial charge in [0.05, 0.1) is 0 Å². The molecule has 7 aromatic carbocycles. The van der Waals surface area contributed by atoms with Crippen LogP contribution < -0.4 is 0 Å². The van der Waals surface area contributed by atoms with Gasteiger partial charge in [-0.2, -0.15) is 0 Å². The van der Waals surface area contributed by atoms with E-state index in [1.165, 1.54) is 47.5 Å². The van der Waals surface area contributed by atoms with Gasteiger partial charge in [-0.05, 0) is 39.4 Å². The first-order chi connectivity index (χ1) is 22.3. The summed E-state index contributed by atoms with van der Waals surface area (Å²) in [5.74, 6) is 1.98. The summed E-state index contributed by atoms with van der Waals surface area (Å²) in [6, 6.07) is 53.2. The van der Waals surface area contributed by atoms with Crippen molar-refractivity contribution < 1.29 is 0 Å². The monoisotopic (exact) mass is 591 g/mol. The number of thiophene rings is 1. The highest BCUT2D eigenvalue weighted by atomic mass is 32.1. The van der Waals surface area contributed by atoms with Gasteiger partial charge in [-0.25, -0.2) is 15.0 Å². The maximum absolute atomic E-state index is 5.04. The third-order valence-electron chi connectivity index (χ3n) is 8.56. The van der Waals surface area contributed by atoms with E-state index < -0.39 is 0 Å². The molecule has 9 aromatic rings. The van der Waals surface area contributed by atoms with Crippen LogP contribution in [0.15, 0.2) is 152 Å². The number of fused-ring (bicyclic) bond motifs is 6. The van der Waals surface area contributed by atoms with Crippen molar-refractivity contribution in [3.63, 3.8) is 0 Å². The number of hydrogen-bond donors (Lipinski definition) is 0. The van der Waals surface area contributed by atoms with Gasteiger partial charge >= 0.3 is 0 Å². The predicted octanol–water partition coefficient (Wildman–Crippen LogP) is 11.2. The van der Waals surface area contributed by atoms with Gasteiger partial charge in [-0.1, -0.05) is 140 Å². The summed E-state index contributed by atoms with van der Waals surface area (Å²) in [6.45, 7) is 0. The minimum Gasteiger partial charge on any atom is -0.208 e. The molecule has 0 saturated carbocycles. The number of hydrogen-bond acceptors (Lipinski definition) is 4. The Morgan fingerprint density at radius 1 is 0.311 bits per heavy atom. The maximum atomic E-state index is 5.04. The fraction of sp³-hybridized carbons (Fsp3) is 0. The summed E-state index contributed by atoms with van der Waals surface area (Å²) in [6.07, 6.45) is 0. The van der Waals surface area contributed by atoms with Gasteiger partial charge in [0.15, 0.2) is 17.5 Å². The minimum atomic E-state index is 0.661. The van der Waals surface area contributed by atoms with E-state index >= 15 is 0 Å². The average Bonchev–Trinajstić information content (AvgIpc) is 3.51. The first kappa shape index (κ1) is 25.8. The fourth-order valence-corrected chi connectivity index (χ4v) is 7.66. The highest BCUT2D eigenvalue weighted by Gasteiger charge is 2.17. The second-order valence-corrected chi connectivity index (χ2v) is 12.2. The van der Waals surface area contributed by atoms with E-state index in [4.69, 9.17) is 15.0 Å². The SMILES string of the molecule is c1ccc(-c2nc(-c3ccccc3)nc(-c3ccc(-c4cccc5c4ccc4c6ccccc6sc54)c4ccccc34)n2)cc1. The van der Waals surface area contributed by atoms with Crippen LogP contribution in [-0.4, -0.2) is 15.0 Å². The third-order valence-corrected chi connectivity index (χ3v) is 9.78. The van der Waals surface area contributed by atoms with Crippen molar-refractivity contribution in [2.75, 3.05) is 0 Å². The highest BCUT2D eigenvalue weighted by Crippen LogP contribution is 2.43. The van der Waals surface area contributed by atoms with Gasteiger partial charge in [0.25, 0.3) is 0 Å². The lowest BCUT2D eigenvalue weighted by atomic mass is 9.91. The van der Waals surface area contributed by atoms with Crippen molar-refractivity contribution >= 4 is 53.1 Å². The average molecular weight is 592 g/mol. The zero-order valence-corrected chi connectivity index (χ0v) is 25.0. The molecule has 2 aromatic heterocycles. The Labute approximate surface area is 264 Å². The maximum Gasteiger partial charge on any atom is 0.164 e. The van der Waals surface area contributed by atoms with Crippen molar-refractivity contribution in [3.05, 3.63) is 152 Å². The number of rotatable bonds is 4. The van der Waals surface area contributed by atoms with Crippen LogP contribution in [-0.2, 0) is 0 Å². The van der Waals surface area contributed by atoms with Gasteiger partial charge in [-0.3, -0.25) is 0 Å². The molecule has 0 amide bonds. The molecule has 210 valence electrons. The summed E-state index contributed by atoms with van der Waals surface area (Å²) >= 11 is 1.87. The standard InChI is InChI=1S/C41H25N3S/c1-3-12-26(13-4-1)39-42-40(27-14-5-2-6-15-27)44-41(43-39)36-25-23-31(28-16-7-8-17-30(28)36)29-19-11-20-34-32(29)22-24-35-33-18-9-10-21-37(33)45-38(34)35/h1-25H. The van der Waals surface area contributed by atoms with Gasteiger partial charge in [-0.15, -0.1) is 11.3 Å². The van der Waals surface area contributed by atoms with E-state index in [-0.39, 0.29) is 0 Å². The van der Waals surface area contributed by atoms with Crippen LogP contribution in [0.1, 0.15) is 0 Å². The highest BCUT2D eigenvalue weighted by molar-refractivity contribution is 7.26. The molecule has 0 unspecified atom stereocenters. The summed E-state index contributed by atoms with van der Waals surface area (Å²) in [7, 11) is 0. The van der Waals surface area contributed by atoms with Crippen molar-refractivity contribution in [3.8, 4) is 45.3 Å². The summed E-state index contributed by atoms with van der Waals surface area (Å²) in [4.78, 5) is 15.0. The van der Waals surface area contributed by atoms with Crippen LogP contribution in [0.5, 0.6) is 0 Å². The molecule has 0 aliphatic rings. The van der Waals surface area contributed by atoms with Crippen LogP contribution in [0.4, 0.5) is 0 Å². The summed E-state index contributed by atoms with van der Waals surface area (Å²) in [5.41, 5.74) is 5.32. The Morgan fingerprint density at radius 3 is 1.49 bits per heavy atom. The topological polar surface area (TPSA) is 38.7 Å². The Hall–Kier alpha value is -5.71. The number of aromatic nitrogens is 3. The smallest absolute Gasteiger partial charge is 0.164 e. The molecular formula is C41H25N3S. The lowest BCUT2D eigenvalue weighted by Gasteiger charge is -2.14. The molecule has 0 bridgehead atoms. The van der Waals surface area contributed by atoms with Gasteiger partial charge < -0.3 is 0 Å². The number of benzene rings is 7. The van der Waals surface area contributed by atoms with Crippen LogP contribution in [0, 0.1) is 0 Å². The Kier molecular flexibility index (Phi) is 6.00. The van der Waals surface area contributed by atoms with Gasteiger partial charge in [0.1, 0.15) is 0 Å². The molecule has 0 fully saturated rings. The number of nitrogens with zero attached hydrogens (tertiary/aromatic N) is 3. The van der Waals surface area contributed by atoms with Crippen molar-refractivity contribution in [2.45, 2.75) is 0 Å². The van der Waals surface area contributed by atoms with E-state index in [1.54, 1.807) is 0 Å². The zero-order chi connectivity index (χ0) is 29.7. The molecule has 3 nitrogen and oxygen atoms in total. The van der Waals surface area contributed by atoms with Crippen molar-refractivity contribution in [2.24, 2.45) is 0 Å². The summed E-state index contributed by atoms with van der Waals surface area (Å²) in [5, 5.41) is 7.46. The second-order valence-electron chi connectivity index (χ2n) is 11.2. The van der Waals surface area contributed by atoms with E-state index in [1.807, 2.05) is 72.0 Å². The third kappa shape index (κ3) is 4.30. The molecule has 0 atom stereocenters. The first-order valence-corrected chi connectivity index (χ1v) is 15.9. The normalized spacial score (nSPS) is 11.6. The lowest BCUT2D eigenvalue weighted by molar-refractivity contribution is 1.08. The molecule has 9 rings (SSSR count). The minimum absolute atomic E-state index is 0.661. The van der Waals surface area contributed by atoms with E-state index in [2.05, 4.69) is 91.0 Å². The second kappa shape index (κ2) is 10.5. The van der Waals surface area contributed by atoms with E-state index in [0.29, 0.717) is 17.5 Å². The molecule has 0 spiro atoms. The van der Waals surface area contributed by atoms with Crippen LogP contribution in [0.2, 0.25) is 0 Å². The largest absolute Gasteiger partial charge is 0.208 e. The van der Waals surface area contributed by atoms with Crippen LogP contribution in [0.25, 0.3) is 87.0 Å². The molecule has 2 heterocycles. The van der Waals surface area contributed by atoms with E-state index in [9.17, 15) is 0 Å². The van der Waals surface area contributed by atoms with Gasteiger partial charge in [0, 0.05) is 42.2 Å². The Morgan fingerprint density at radius 2 is 0.778 bits per heavy atom. The van der Waals surface area contributed by atoms with Crippen molar-refractivity contribution in [1.82, 2.24) is 15.0 Å². The molecule has 0 aliphatic heterocycles. The van der Waals surface area contributed by atoms with Crippen LogP contribution >= 0.6 is 11.3 Å². The van der Waals surface area contributed by atoms with Crippen molar-refractivity contribution in [1.29, 1.82) is 0 Å². The first-order valence-electron chi connectivity index (χ1n) is 15.0. The molecule has 0 N–H and O–H groups in total. The molecular weight excluding hydrogens is 567 g/mol. The van der Waals surface area contributed by atoms with E-state index in [0.717, 1.165) is 22.1 Å². The molecule has 4 heteroatoms. The summed E-state index contributed by atoms with van der Waals surface area (Å²) < 4.78 is 2.66. The van der Waals surface area contributed by atoms with Gasteiger partial charge in [0.2, 0.25) is 0 Å². The Balaban J connectivity index is 1.26. The Bertz CT molecular complexity index is 2480. The van der Waals surface area contributed by atoms with Crippen LogP contribution in [0.3, 0.4) is 0 Å². The molecule has 0 radical (unpaired) electrons. The quantitative estimate of drug-likeness (QED) is 0.204. The molecule has 0 saturated heterocycles.